The van der Waals surface area contributed by atoms with E-state index >= 15 is 0 Å². The molecule has 2 atom stereocenters. The zero-order valence-electron chi connectivity index (χ0n) is 11.4. The summed E-state index contributed by atoms with van der Waals surface area (Å²) in [5, 5.41) is 2.62. The van der Waals surface area contributed by atoms with Gasteiger partial charge >= 0.3 is 0 Å². The summed E-state index contributed by atoms with van der Waals surface area (Å²) in [6, 6.07) is 5.50. The summed E-state index contributed by atoms with van der Waals surface area (Å²) in [5.74, 6) is -1.26. The molecule has 2 rings (SSSR count). The van der Waals surface area contributed by atoms with Crippen molar-refractivity contribution < 1.29 is 14.4 Å². The van der Waals surface area contributed by atoms with E-state index in [0.717, 1.165) is 4.90 Å². The molecule has 0 saturated carbocycles. The normalized spacial score (nSPS) is 16.9. The van der Waals surface area contributed by atoms with Crippen LogP contribution in [0.5, 0.6) is 0 Å². The van der Waals surface area contributed by atoms with E-state index in [1.165, 1.54) is 6.92 Å². The van der Waals surface area contributed by atoms with Crippen molar-refractivity contribution in [2.45, 2.75) is 25.9 Å². The van der Waals surface area contributed by atoms with Crippen molar-refractivity contribution >= 4 is 17.7 Å². The van der Waals surface area contributed by atoms with Crippen molar-refractivity contribution in [2.75, 3.05) is 6.54 Å². The molecule has 6 nitrogen and oxygen atoms in total. The van der Waals surface area contributed by atoms with Crippen LogP contribution in [0.2, 0.25) is 0 Å². The third kappa shape index (κ3) is 2.42. The van der Waals surface area contributed by atoms with Gasteiger partial charge in [-0.05, 0) is 26.0 Å². The van der Waals surface area contributed by atoms with E-state index in [9.17, 15) is 14.4 Å². The molecular weight excluding hydrogens is 258 g/mol. The number of nitrogens with zero attached hydrogens (tertiary/aromatic N) is 1. The highest BCUT2D eigenvalue weighted by Gasteiger charge is 2.40. The number of nitrogens with two attached hydrogens (primary N) is 1. The number of benzene rings is 1. The largest absolute Gasteiger partial charge is 0.353 e. The van der Waals surface area contributed by atoms with Crippen LogP contribution in [0.3, 0.4) is 0 Å². The third-order valence-electron chi connectivity index (χ3n) is 3.19. The molecule has 6 heteroatoms. The molecule has 0 radical (unpaired) electrons. The highest BCUT2D eigenvalue weighted by atomic mass is 16.2. The summed E-state index contributed by atoms with van der Waals surface area (Å²) >= 11 is 0. The minimum absolute atomic E-state index is 0.187. The van der Waals surface area contributed by atoms with Gasteiger partial charge in [0.15, 0.2) is 0 Å². The number of imide groups is 1. The maximum atomic E-state index is 12.2. The van der Waals surface area contributed by atoms with E-state index in [1.54, 1.807) is 31.2 Å². The van der Waals surface area contributed by atoms with Gasteiger partial charge < -0.3 is 11.1 Å². The second-order valence-electron chi connectivity index (χ2n) is 4.92. The monoisotopic (exact) mass is 275 g/mol. The lowest BCUT2D eigenvalue weighted by Gasteiger charge is -2.22. The standard InChI is InChI=1S/C14H17N3O3/c1-8(15)7-16-12(18)9(2)17-13(19)10-5-3-4-6-11(10)14(17)20/h3-6,8-9H,7,15H2,1-2H3,(H,16,18). The van der Waals surface area contributed by atoms with Gasteiger partial charge in [-0.3, -0.25) is 19.3 Å². The Morgan fingerprint density at radius 3 is 2.15 bits per heavy atom. The third-order valence-corrected chi connectivity index (χ3v) is 3.19. The van der Waals surface area contributed by atoms with E-state index in [1.807, 2.05) is 0 Å². The van der Waals surface area contributed by atoms with Crippen LogP contribution in [-0.2, 0) is 4.79 Å². The summed E-state index contributed by atoms with van der Waals surface area (Å²) < 4.78 is 0. The van der Waals surface area contributed by atoms with Crippen LogP contribution < -0.4 is 11.1 Å². The number of hydrogen-bond donors (Lipinski definition) is 2. The van der Waals surface area contributed by atoms with Gasteiger partial charge in [-0.25, -0.2) is 0 Å². The average Bonchev–Trinajstić information content (AvgIpc) is 2.68. The van der Waals surface area contributed by atoms with Crippen molar-refractivity contribution in [1.82, 2.24) is 10.2 Å². The summed E-state index contributed by atoms with van der Waals surface area (Å²) in [5.41, 5.74) is 6.23. The molecule has 0 fully saturated rings. The molecule has 3 N–H and O–H groups in total. The van der Waals surface area contributed by atoms with E-state index in [4.69, 9.17) is 5.73 Å². The van der Waals surface area contributed by atoms with E-state index in [2.05, 4.69) is 5.32 Å². The van der Waals surface area contributed by atoms with E-state index < -0.39 is 23.8 Å². The summed E-state index contributed by atoms with van der Waals surface area (Å²) in [7, 11) is 0. The van der Waals surface area contributed by atoms with Gasteiger partial charge in [-0.2, -0.15) is 0 Å². The van der Waals surface area contributed by atoms with Gasteiger partial charge in [0, 0.05) is 12.6 Å². The summed E-state index contributed by atoms with van der Waals surface area (Å²) in [6.45, 7) is 3.58. The second-order valence-corrected chi connectivity index (χ2v) is 4.92. The Hall–Kier alpha value is -2.21. The zero-order valence-corrected chi connectivity index (χ0v) is 11.4. The van der Waals surface area contributed by atoms with Crippen LogP contribution in [0.4, 0.5) is 0 Å². The maximum Gasteiger partial charge on any atom is 0.262 e. The van der Waals surface area contributed by atoms with E-state index in [-0.39, 0.29) is 6.04 Å². The van der Waals surface area contributed by atoms with Gasteiger partial charge in [0.2, 0.25) is 5.91 Å². The number of fused-ring (bicyclic) bond motifs is 1. The van der Waals surface area contributed by atoms with Crippen molar-refractivity contribution in [3.8, 4) is 0 Å². The minimum Gasteiger partial charge on any atom is -0.353 e. The topological polar surface area (TPSA) is 92.5 Å². The molecular formula is C14H17N3O3. The first-order valence-corrected chi connectivity index (χ1v) is 6.43. The van der Waals surface area contributed by atoms with Gasteiger partial charge in [0.25, 0.3) is 11.8 Å². The molecule has 0 aliphatic carbocycles. The lowest BCUT2D eigenvalue weighted by atomic mass is 10.1. The van der Waals surface area contributed by atoms with E-state index in [0.29, 0.717) is 17.7 Å². The first-order chi connectivity index (χ1) is 9.43. The number of carbonyl (C=O) groups excluding carboxylic acids is 3. The molecule has 1 aromatic carbocycles. The predicted octanol–water partition coefficient (Wildman–Crippen LogP) is 0.135. The molecule has 0 aromatic heterocycles. The Bertz CT molecular complexity index is 534. The first-order valence-electron chi connectivity index (χ1n) is 6.43. The van der Waals surface area contributed by atoms with Crippen molar-refractivity contribution in [3.63, 3.8) is 0 Å². The highest BCUT2D eigenvalue weighted by molar-refractivity contribution is 6.22. The van der Waals surface area contributed by atoms with Crippen LogP contribution in [0.15, 0.2) is 24.3 Å². The average molecular weight is 275 g/mol. The number of amides is 3. The molecule has 1 heterocycles. The minimum atomic E-state index is -0.860. The molecule has 0 bridgehead atoms. The van der Waals surface area contributed by atoms with Gasteiger partial charge in [-0.15, -0.1) is 0 Å². The summed E-state index contributed by atoms with van der Waals surface area (Å²) in [4.78, 5) is 37.3. The van der Waals surface area contributed by atoms with Gasteiger partial charge in [0.05, 0.1) is 11.1 Å². The molecule has 0 saturated heterocycles. The molecule has 106 valence electrons. The molecule has 1 aromatic rings. The Kier molecular flexibility index (Phi) is 3.85. The number of nitrogens with one attached hydrogen (secondary N) is 1. The number of carbonyl (C=O) groups is 3. The maximum absolute atomic E-state index is 12.2. The highest BCUT2D eigenvalue weighted by Crippen LogP contribution is 2.24. The molecule has 0 spiro atoms. The van der Waals surface area contributed by atoms with Crippen molar-refractivity contribution in [3.05, 3.63) is 35.4 Å². The fourth-order valence-electron chi connectivity index (χ4n) is 2.09. The van der Waals surface area contributed by atoms with Gasteiger partial charge in [-0.1, -0.05) is 12.1 Å². The Morgan fingerprint density at radius 1 is 1.20 bits per heavy atom. The smallest absolute Gasteiger partial charge is 0.262 e. The Morgan fingerprint density at radius 2 is 1.70 bits per heavy atom. The Balaban J connectivity index is 2.17. The quantitative estimate of drug-likeness (QED) is 0.764. The van der Waals surface area contributed by atoms with Crippen LogP contribution in [-0.4, -0.2) is 41.2 Å². The van der Waals surface area contributed by atoms with Crippen LogP contribution >= 0.6 is 0 Å². The lowest BCUT2D eigenvalue weighted by molar-refractivity contribution is -0.124. The van der Waals surface area contributed by atoms with Crippen molar-refractivity contribution in [2.24, 2.45) is 5.73 Å². The predicted molar refractivity (Wildman–Crippen MR) is 73.1 cm³/mol. The first kappa shape index (κ1) is 14.2. The molecule has 1 aliphatic heterocycles. The molecule has 3 amide bonds. The molecule has 1 aliphatic rings. The zero-order chi connectivity index (χ0) is 14.9. The lowest BCUT2D eigenvalue weighted by Crippen LogP contribution is -2.49. The van der Waals surface area contributed by atoms with Crippen LogP contribution in [0.1, 0.15) is 34.6 Å². The number of rotatable bonds is 4. The second kappa shape index (κ2) is 5.42. The SMILES string of the molecule is CC(N)CNC(=O)C(C)N1C(=O)c2ccccc2C1=O. The molecule has 2 unspecified atom stereocenters. The number of hydrogen-bond acceptors (Lipinski definition) is 4. The van der Waals surface area contributed by atoms with Crippen LogP contribution in [0, 0.1) is 0 Å². The van der Waals surface area contributed by atoms with Crippen LogP contribution in [0.25, 0.3) is 0 Å². The fraction of sp³-hybridized carbons (Fsp3) is 0.357. The van der Waals surface area contributed by atoms with Gasteiger partial charge in [0.1, 0.15) is 6.04 Å². The van der Waals surface area contributed by atoms with Crippen molar-refractivity contribution in [1.29, 1.82) is 0 Å². The Labute approximate surface area is 116 Å². The fourth-order valence-corrected chi connectivity index (χ4v) is 2.09. The summed E-state index contributed by atoms with van der Waals surface area (Å²) in [6.07, 6.45) is 0. The molecule has 20 heavy (non-hydrogen) atoms.